The second kappa shape index (κ2) is 15.9. The van der Waals surface area contributed by atoms with Gasteiger partial charge in [-0.05, 0) is 61.3 Å². The van der Waals surface area contributed by atoms with Crippen molar-refractivity contribution < 1.29 is 28.7 Å². The van der Waals surface area contributed by atoms with E-state index in [1.54, 1.807) is 67.5 Å². The summed E-state index contributed by atoms with van der Waals surface area (Å²) in [5.74, 6) is -2.04. The molecule has 10 heteroatoms. The van der Waals surface area contributed by atoms with E-state index < -0.39 is 48.1 Å². The summed E-state index contributed by atoms with van der Waals surface area (Å²) >= 11 is 0. The van der Waals surface area contributed by atoms with E-state index in [2.05, 4.69) is 16.0 Å². The van der Waals surface area contributed by atoms with Crippen LogP contribution in [-0.2, 0) is 30.3 Å². The minimum Gasteiger partial charge on any atom is -0.487 e. The van der Waals surface area contributed by atoms with Gasteiger partial charge in [-0.1, -0.05) is 86.6 Å². The molecule has 3 aromatic carbocycles. The third-order valence-electron chi connectivity index (χ3n) is 7.72. The van der Waals surface area contributed by atoms with Gasteiger partial charge in [-0.2, -0.15) is 0 Å². The van der Waals surface area contributed by atoms with Gasteiger partial charge in [0.25, 0.3) is 5.91 Å². The minimum absolute atomic E-state index is 0.249. The van der Waals surface area contributed by atoms with Crippen molar-refractivity contribution in [1.29, 1.82) is 0 Å². The summed E-state index contributed by atoms with van der Waals surface area (Å²) in [5, 5.41) is 8.48. The second-order valence-corrected chi connectivity index (χ2v) is 11.8. The summed E-state index contributed by atoms with van der Waals surface area (Å²) in [6.07, 6.45) is 1.57. The molecule has 2 aliphatic rings. The van der Waals surface area contributed by atoms with Crippen LogP contribution in [0.25, 0.3) is 6.08 Å². The van der Waals surface area contributed by atoms with E-state index in [1.165, 1.54) is 13.1 Å². The maximum absolute atomic E-state index is 14.4. The van der Waals surface area contributed by atoms with Crippen LogP contribution < -0.4 is 20.7 Å². The fourth-order valence-corrected chi connectivity index (χ4v) is 5.28. The molecule has 0 fully saturated rings. The highest BCUT2D eigenvalue weighted by Gasteiger charge is 2.40. The third kappa shape index (κ3) is 9.04. The maximum atomic E-state index is 14.4. The summed E-state index contributed by atoms with van der Waals surface area (Å²) in [7, 11) is 3.60. The van der Waals surface area contributed by atoms with Gasteiger partial charge in [-0.15, -0.1) is 0 Å². The van der Waals surface area contributed by atoms with Gasteiger partial charge >= 0.3 is 5.97 Å². The third-order valence-corrected chi connectivity index (χ3v) is 7.72. The van der Waals surface area contributed by atoms with Crippen molar-refractivity contribution in [3.05, 3.63) is 108 Å². The molecular formula is C36H42N4O6. The van der Waals surface area contributed by atoms with Crippen molar-refractivity contribution in [2.75, 3.05) is 14.1 Å². The monoisotopic (exact) mass is 626 g/mol. The topological polar surface area (TPSA) is 126 Å². The molecule has 3 N–H and O–H groups in total. The number of hydrogen-bond donors (Lipinski definition) is 3. The molecule has 0 saturated carbocycles. The first-order valence-electron chi connectivity index (χ1n) is 15.3. The van der Waals surface area contributed by atoms with E-state index in [1.807, 2.05) is 56.3 Å². The Morgan fingerprint density at radius 2 is 1.54 bits per heavy atom. The number of likely N-dealkylation sites (N-methyl/N-ethyl adjacent to an activating group) is 1. The number of amides is 3. The SMILES string of the molecule is CC(=O)OC(c1ccccc1)C1NC(=O)C(NC(=O)C(Cc2ccccc2)N(C)C)C(C(C)C)Oc2ccc(cc2)/C=C\NC1=O. The van der Waals surface area contributed by atoms with Crippen LogP contribution in [-0.4, -0.2) is 66.9 Å². The van der Waals surface area contributed by atoms with Gasteiger partial charge < -0.3 is 25.4 Å². The number of esters is 1. The van der Waals surface area contributed by atoms with Gasteiger partial charge in [-0.3, -0.25) is 24.1 Å². The highest BCUT2D eigenvalue weighted by molar-refractivity contribution is 5.94. The molecule has 46 heavy (non-hydrogen) atoms. The Morgan fingerprint density at radius 1 is 0.913 bits per heavy atom. The molecule has 5 rings (SSSR count). The van der Waals surface area contributed by atoms with Crippen LogP contribution >= 0.6 is 0 Å². The van der Waals surface area contributed by atoms with Crippen LogP contribution in [0.5, 0.6) is 5.75 Å². The van der Waals surface area contributed by atoms with Gasteiger partial charge in [0.1, 0.15) is 23.9 Å². The number of fused-ring (bicyclic) bond motifs is 10. The standard InChI is InChI=1S/C36H42N4O6/c1-23(2)32-30(38-34(42)29(40(4)5)22-26-12-8-6-9-13-26)36(44)39-31(33(45-24(3)41)27-14-10-7-11-15-27)35(43)37-21-20-25-16-18-28(46-32)19-17-25/h6-21,23,29-33H,22H2,1-5H3,(H,37,43)(H,38,42)(H,39,44)/b21-20-. The van der Waals surface area contributed by atoms with E-state index in [0.717, 1.165) is 11.1 Å². The average molecular weight is 627 g/mol. The molecule has 10 nitrogen and oxygen atoms in total. The molecule has 0 saturated heterocycles. The zero-order chi connectivity index (χ0) is 33.2. The van der Waals surface area contributed by atoms with Crippen LogP contribution in [0, 0.1) is 5.92 Å². The molecule has 3 aromatic rings. The van der Waals surface area contributed by atoms with E-state index in [0.29, 0.717) is 17.7 Å². The summed E-state index contributed by atoms with van der Waals surface area (Å²) in [6.45, 7) is 5.02. The first-order chi connectivity index (χ1) is 22.0. The molecule has 242 valence electrons. The van der Waals surface area contributed by atoms with Crippen molar-refractivity contribution in [3.63, 3.8) is 0 Å². The largest absolute Gasteiger partial charge is 0.487 e. The number of nitrogens with zero attached hydrogens (tertiary/aromatic N) is 1. The van der Waals surface area contributed by atoms with Crippen LogP contribution in [0.2, 0.25) is 0 Å². The van der Waals surface area contributed by atoms with E-state index in [-0.39, 0.29) is 11.8 Å². The number of carbonyl (C=O) groups is 4. The molecule has 2 bridgehead atoms. The fraction of sp³-hybridized carbons (Fsp3) is 0.333. The Balaban J connectivity index is 1.77. The summed E-state index contributed by atoms with van der Waals surface area (Å²) in [4.78, 5) is 56.1. The average Bonchev–Trinajstić information content (AvgIpc) is 3.03. The van der Waals surface area contributed by atoms with E-state index >= 15 is 0 Å². The summed E-state index contributed by atoms with van der Waals surface area (Å²) < 4.78 is 12.0. The lowest BCUT2D eigenvalue weighted by Crippen LogP contribution is -2.62. The van der Waals surface area contributed by atoms with Crippen molar-refractivity contribution in [3.8, 4) is 5.75 Å². The maximum Gasteiger partial charge on any atom is 0.303 e. The number of benzene rings is 3. The molecule has 2 aliphatic heterocycles. The Kier molecular flexibility index (Phi) is 11.7. The lowest BCUT2D eigenvalue weighted by molar-refractivity contribution is -0.152. The predicted octanol–water partition coefficient (Wildman–Crippen LogP) is 3.64. The lowest BCUT2D eigenvalue weighted by Gasteiger charge is -2.34. The van der Waals surface area contributed by atoms with Crippen LogP contribution in [0.3, 0.4) is 0 Å². The van der Waals surface area contributed by atoms with Crippen molar-refractivity contribution in [2.24, 2.45) is 5.92 Å². The number of carbonyl (C=O) groups excluding carboxylic acids is 4. The Labute approximate surface area is 270 Å². The second-order valence-electron chi connectivity index (χ2n) is 11.8. The van der Waals surface area contributed by atoms with Gasteiger partial charge in [0, 0.05) is 13.1 Å². The van der Waals surface area contributed by atoms with Crippen LogP contribution in [0.1, 0.15) is 43.6 Å². The highest BCUT2D eigenvalue weighted by Crippen LogP contribution is 2.25. The first kappa shape index (κ1) is 33.9. The lowest BCUT2D eigenvalue weighted by atomic mass is 9.95. The number of rotatable bonds is 9. The molecule has 0 aliphatic carbocycles. The molecule has 3 amide bonds. The fourth-order valence-electron chi connectivity index (χ4n) is 5.28. The number of hydrogen-bond acceptors (Lipinski definition) is 7. The Morgan fingerprint density at radius 3 is 2.13 bits per heavy atom. The Hall–Kier alpha value is -4.96. The molecule has 0 spiro atoms. The smallest absolute Gasteiger partial charge is 0.303 e. The van der Waals surface area contributed by atoms with Crippen molar-refractivity contribution >= 4 is 29.8 Å². The molecule has 2 heterocycles. The van der Waals surface area contributed by atoms with Gasteiger partial charge in [-0.25, -0.2) is 0 Å². The molecule has 5 atom stereocenters. The van der Waals surface area contributed by atoms with Crippen molar-refractivity contribution in [1.82, 2.24) is 20.9 Å². The molecule has 0 radical (unpaired) electrons. The number of ether oxygens (including phenoxy) is 2. The molecule has 0 aromatic heterocycles. The first-order valence-corrected chi connectivity index (χ1v) is 15.3. The minimum atomic E-state index is -1.35. The quantitative estimate of drug-likeness (QED) is 0.310. The van der Waals surface area contributed by atoms with Gasteiger partial charge in [0.2, 0.25) is 11.8 Å². The zero-order valence-corrected chi connectivity index (χ0v) is 26.8. The van der Waals surface area contributed by atoms with Crippen LogP contribution in [0.15, 0.2) is 91.1 Å². The highest BCUT2D eigenvalue weighted by atomic mass is 16.5. The van der Waals surface area contributed by atoms with E-state index in [4.69, 9.17) is 9.47 Å². The Bertz CT molecular complexity index is 1510. The molecule has 5 unspecified atom stereocenters. The zero-order valence-electron chi connectivity index (χ0n) is 26.8. The van der Waals surface area contributed by atoms with E-state index in [9.17, 15) is 19.2 Å². The predicted molar refractivity (Wildman–Crippen MR) is 175 cm³/mol. The summed E-state index contributed by atoms with van der Waals surface area (Å²) in [5.41, 5.74) is 2.26. The van der Waals surface area contributed by atoms with Gasteiger partial charge in [0.15, 0.2) is 6.10 Å². The summed E-state index contributed by atoms with van der Waals surface area (Å²) in [6, 6.07) is 22.3. The van der Waals surface area contributed by atoms with Crippen molar-refractivity contribution in [2.45, 2.75) is 57.5 Å². The van der Waals surface area contributed by atoms with Gasteiger partial charge in [0.05, 0.1) is 6.04 Å². The number of nitrogens with one attached hydrogen (secondary N) is 3. The van der Waals surface area contributed by atoms with Crippen LogP contribution in [0.4, 0.5) is 0 Å². The molecular weight excluding hydrogens is 584 g/mol. The normalized spacial score (nSPS) is 20.5.